The van der Waals surface area contributed by atoms with Crippen LogP contribution in [0.3, 0.4) is 0 Å². The molecule has 72 heavy (non-hydrogen) atoms. The van der Waals surface area contributed by atoms with Crippen LogP contribution >= 0.6 is 0 Å². The third-order valence-electron chi connectivity index (χ3n) is 14.3. The standard InChI is InChI=1S/C61H113NO10/c1-3-5-7-9-11-13-15-17-19-21-23-25-26-27-29-31-33-35-37-39-41-43-45-47-49-54(65)60(70)62-52(51-71-61-59(69)58(68)57(67)55(50-63)72-61)56(66)53(64)48-46-44-42-40-38-36-34-32-30-28-24-22-20-18-16-14-12-10-8-6-4-2/h23,25,27,29,32,34,40,42,52-59,61,63-69H,3-22,24,26,28,30-31,33,35-39,41,43-51H2,1-2H3,(H,62,70)/b25-23-,29-27-,34-32+,42-40+. The van der Waals surface area contributed by atoms with E-state index in [1.807, 2.05) is 0 Å². The van der Waals surface area contributed by atoms with Gasteiger partial charge in [0.05, 0.1) is 25.4 Å². The molecule has 1 rings (SSSR count). The molecule has 0 spiro atoms. The Morgan fingerprint density at radius 1 is 0.486 bits per heavy atom. The molecular weight excluding hydrogens is 907 g/mol. The van der Waals surface area contributed by atoms with Crippen molar-refractivity contribution in [2.24, 2.45) is 0 Å². The number of rotatable bonds is 51. The Kier molecular flexibility index (Phi) is 47.2. The van der Waals surface area contributed by atoms with E-state index in [1.54, 1.807) is 0 Å². The Balaban J connectivity index is 2.34. The number of ether oxygens (including phenoxy) is 2. The fraction of sp³-hybridized carbons (Fsp3) is 0.852. The van der Waals surface area contributed by atoms with Crippen LogP contribution in [0.15, 0.2) is 48.6 Å². The van der Waals surface area contributed by atoms with Crippen LogP contribution < -0.4 is 5.32 Å². The SMILES string of the molecule is CCCCCCCCCCC/C=C\C/C=C\CCCCCCCCCCC(O)C(=O)NC(COC1OC(CO)C(O)C(O)C1O)C(O)C(O)CCC/C=C/CC/C=C/CCCCCCCCCCCCCC. The smallest absolute Gasteiger partial charge is 0.249 e. The molecule has 8 N–H and O–H groups in total. The van der Waals surface area contributed by atoms with Gasteiger partial charge in [0.2, 0.25) is 5.91 Å². The van der Waals surface area contributed by atoms with Crippen molar-refractivity contribution in [3.63, 3.8) is 0 Å². The molecule has 0 aromatic heterocycles. The summed E-state index contributed by atoms with van der Waals surface area (Å²) < 4.78 is 11.1. The third-order valence-corrected chi connectivity index (χ3v) is 14.3. The molecule has 1 amide bonds. The van der Waals surface area contributed by atoms with Gasteiger partial charge in [-0.2, -0.15) is 0 Å². The lowest BCUT2D eigenvalue weighted by Gasteiger charge is -2.40. The van der Waals surface area contributed by atoms with Crippen molar-refractivity contribution in [1.82, 2.24) is 5.32 Å². The van der Waals surface area contributed by atoms with Crippen molar-refractivity contribution < 1.29 is 50.0 Å². The lowest BCUT2D eigenvalue weighted by molar-refractivity contribution is -0.303. The minimum absolute atomic E-state index is 0.243. The summed E-state index contributed by atoms with van der Waals surface area (Å²) in [5.74, 6) is -0.714. The van der Waals surface area contributed by atoms with Crippen molar-refractivity contribution in [3.8, 4) is 0 Å². The summed E-state index contributed by atoms with van der Waals surface area (Å²) in [4.78, 5) is 13.2. The highest BCUT2D eigenvalue weighted by Crippen LogP contribution is 2.23. The highest BCUT2D eigenvalue weighted by molar-refractivity contribution is 5.80. The topological polar surface area (TPSA) is 189 Å². The summed E-state index contributed by atoms with van der Waals surface area (Å²) in [5.41, 5.74) is 0. The Morgan fingerprint density at radius 2 is 0.875 bits per heavy atom. The van der Waals surface area contributed by atoms with Crippen LogP contribution in [0.2, 0.25) is 0 Å². The normalized spacial score (nSPS) is 20.4. The molecule has 11 nitrogen and oxygen atoms in total. The molecule has 0 aliphatic carbocycles. The van der Waals surface area contributed by atoms with E-state index < -0.39 is 74.2 Å². The van der Waals surface area contributed by atoms with Crippen molar-refractivity contribution >= 4 is 5.91 Å². The average molecular weight is 1020 g/mol. The molecule has 1 aliphatic heterocycles. The van der Waals surface area contributed by atoms with Crippen LogP contribution in [-0.4, -0.2) is 110 Å². The van der Waals surface area contributed by atoms with Gasteiger partial charge in [0.1, 0.15) is 36.6 Å². The number of nitrogens with one attached hydrogen (secondary N) is 1. The van der Waals surface area contributed by atoms with Crippen LogP contribution in [0.25, 0.3) is 0 Å². The molecule has 9 unspecified atom stereocenters. The first-order chi connectivity index (χ1) is 35.2. The summed E-state index contributed by atoms with van der Waals surface area (Å²) in [5, 5.41) is 76.2. The number of carbonyl (C=O) groups excluding carboxylic acids is 1. The molecule has 1 saturated heterocycles. The summed E-state index contributed by atoms with van der Waals surface area (Å²) in [6.07, 6.45) is 51.6. The second-order valence-corrected chi connectivity index (χ2v) is 21.0. The number of carbonyl (C=O) groups is 1. The number of aliphatic hydroxyl groups is 7. The molecule has 1 fully saturated rings. The summed E-state index contributed by atoms with van der Waals surface area (Å²) in [6.45, 7) is 3.45. The minimum atomic E-state index is -1.67. The Hall–Kier alpha value is -1.93. The third kappa shape index (κ3) is 37.7. The molecule has 0 saturated carbocycles. The van der Waals surface area contributed by atoms with Crippen molar-refractivity contribution in [3.05, 3.63) is 48.6 Å². The zero-order valence-electron chi connectivity index (χ0n) is 46.2. The van der Waals surface area contributed by atoms with E-state index in [0.29, 0.717) is 19.3 Å². The molecule has 1 aliphatic rings. The molecule has 0 aromatic rings. The maximum Gasteiger partial charge on any atom is 0.249 e. The predicted molar refractivity (Wildman–Crippen MR) is 298 cm³/mol. The zero-order chi connectivity index (χ0) is 52.5. The summed E-state index contributed by atoms with van der Waals surface area (Å²) in [7, 11) is 0. The van der Waals surface area contributed by atoms with E-state index >= 15 is 0 Å². The van der Waals surface area contributed by atoms with E-state index in [0.717, 1.165) is 57.8 Å². The van der Waals surface area contributed by atoms with E-state index in [9.17, 15) is 40.5 Å². The molecule has 9 atom stereocenters. The molecule has 0 radical (unpaired) electrons. The van der Waals surface area contributed by atoms with Gasteiger partial charge in [-0.1, -0.05) is 229 Å². The van der Waals surface area contributed by atoms with Gasteiger partial charge < -0.3 is 50.5 Å². The van der Waals surface area contributed by atoms with Gasteiger partial charge in [-0.15, -0.1) is 0 Å². The van der Waals surface area contributed by atoms with Crippen molar-refractivity contribution in [1.29, 1.82) is 0 Å². The number of allylic oxidation sites excluding steroid dienone is 8. The first kappa shape index (κ1) is 68.1. The second-order valence-electron chi connectivity index (χ2n) is 21.0. The number of hydrogen-bond donors (Lipinski definition) is 8. The monoisotopic (exact) mass is 1020 g/mol. The molecule has 0 bridgehead atoms. The Morgan fingerprint density at radius 3 is 1.32 bits per heavy atom. The summed E-state index contributed by atoms with van der Waals surface area (Å²) in [6, 6.07) is -1.20. The van der Waals surface area contributed by atoms with E-state index in [-0.39, 0.29) is 12.8 Å². The second kappa shape index (κ2) is 49.9. The number of amides is 1. The van der Waals surface area contributed by atoms with E-state index in [1.165, 1.54) is 161 Å². The van der Waals surface area contributed by atoms with Crippen LogP contribution in [0.5, 0.6) is 0 Å². The maximum atomic E-state index is 13.2. The van der Waals surface area contributed by atoms with Gasteiger partial charge in [-0.05, 0) is 83.5 Å². The van der Waals surface area contributed by atoms with Gasteiger partial charge in [-0.25, -0.2) is 0 Å². The van der Waals surface area contributed by atoms with Gasteiger partial charge in [0.25, 0.3) is 0 Å². The molecule has 0 aromatic carbocycles. The van der Waals surface area contributed by atoms with Crippen molar-refractivity contribution in [2.75, 3.05) is 13.2 Å². The first-order valence-electron chi connectivity index (χ1n) is 30.0. The van der Waals surface area contributed by atoms with E-state index in [2.05, 4.69) is 67.8 Å². The maximum absolute atomic E-state index is 13.2. The quantitative estimate of drug-likeness (QED) is 0.0215. The van der Waals surface area contributed by atoms with Crippen LogP contribution in [-0.2, 0) is 14.3 Å². The van der Waals surface area contributed by atoms with Crippen molar-refractivity contribution in [2.45, 2.75) is 319 Å². The van der Waals surface area contributed by atoms with Gasteiger partial charge >= 0.3 is 0 Å². The highest BCUT2D eigenvalue weighted by Gasteiger charge is 2.44. The van der Waals surface area contributed by atoms with Crippen LogP contribution in [0.4, 0.5) is 0 Å². The largest absolute Gasteiger partial charge is 0.394 e. The molecule has 1 heterocycles. The minimum Gasteiger partial charge on any atom is -0.394 e. The number of unbranched alkanes of at least 4 members (excludes halogenated alkanes) is 31. The summed E-state index contributed by atoms with van der Waals surface area (Å²) >= 11 is 0. The number of aliphatic hydroxyl groups excluding tert-OH is 7. The van der Waals surface area contributed by atoms with Gasteiger partial charge in [0, 0.05) is 0 Å². The fourth-order valence-electron chi connectivity index (χ4n) is 9.43. The molecule has 422 valence electrons. The van der Waals surface area contributed by atoms with Crippen LogP contribution in [0.1, 0.15) is 264 Å². The van der Waals surface area contributed by atoms with Crippen LogP contribution in [0, 0.1) is 0 Å². The average Bonchev–Trinajstić information content (AvgIpc) is 3.38. The van der Waals surface area contributed by atoms with E-state index in [4.69, 9.17) is 9.47 Å². The van der Waals surface area contributed by atoms with Gasteiger partial charge in [-0.3, -0.25) is 4.79 Å². The molecule has 11 heteroatoms. The lowest BCUT2D eigenvalue weighted by atomic mass is 9.98. The first-order valence-corrected chi connectivity index (χ1v) is 30.0. The fourth-order valence-corrected chi connectivity index (χ4v) is 9.43. The zero-order valence-corrected chi connectivity index (χ0v) is 46.2. The van der Waals surface area contributed by atoms with Gasteiger partial charge in [0.15, 0.2) is 6.29 Å². The number of hydrogen-bond acceptors (Lipinski definition) is 10. The predicted octanol–water partition coefficient (Wildman–Crippen LogP) is 12.8. The Bertz CT molecular complexity index is 1310. The lowest BCUT2D eigenvalue weighted by Crippen LogP contribution is -2.60. The Labute approximate surface area is 440 Å². The highest BCUT2D eigenvalue weighted by atomic mass is 16.7. The molecular formula is C61H113NO10.